The van der Waals surface area contributed by atoms with E-state index in [2.05, 4.69) is 16.0 Å². The van der Waals surface area contributed by atoms with Crippen LogP contribution in [-0.2, 0) is 6.42 Å². The molecular weight excluding hydrogens is 218 g/mol. The lowest BCUT2D eigenvalue weighted by Gasteiger charge is -2.23. The molecule has 4 heteroatoms. The zero-order valence-corrected chi connectivity index (χ0v) is 10.1. The number of pyridine rings is 1. The molecule has 0 spiro atoms. The van der Waals surface area contributed by atoms with Crippen molar-refractivity contribution < 1.29 is 0 Å². The number of rotatable bonds is 4. The second kappa shape index (κ2) is 5.37. The summed E-state index contributed by atoms with van der Waals surface area (Å²) in [5.74, 6) is 0. The van der Waals surface area contributed by atoms with E-state index in [1.165, 1.54) is 12.0 Å². The van der Waals surface area contributed by atoms with Crippen LogP contribution < -0.4 is 5.73 Å². The van der Waals surface area contributed by atoms with Gasteiger partial charge in [-0.3, -0.25) is 9.88 Å². The fourth-order valence-electron chi connectivity index (χ4n) is 2.23. The molecule has 2 rings (SSSR count). The number of aromatic nitrogens is 1. The van der Waals surface area contributed by atoms with E-state index in [0.717, 1.165) is 25.9 Å². The van der Waals surface area contributed by atoms with Crippen LogP contribution >= 0.6 is 12.2 Å². The minimum Gasteiger partial charge on any atom is -0.392 e. The highest BCUT2D eigenvalue weighted by Crippen LogP contribution is 2.17. The number of likely N-dealkylation sites (tertiary alicyclic amines) is 1. The van der Waals surface area contributed by atoms with Gasteiger partial charge in [0, 0.05) is 18.9 Å². The molecule has 1 aromatic heterocycles. The predicted molar refractivity (Wildman–Crippen MR) is 69.3 cm³/mol. The number of nitrogens with two attached hydrogens (primary N) is 1. The van der Waals surface area contributed by atoms with Gasteiger partial charge in [-0.2, -0.15) is 0 Å². The van der Waals surface area contributed by atoms with Crippen molar-refractivity contribution >= 4 is 17.2 Å². The summed E-state index contributed by atoms with van der Waals surface area (Å²) in [4.78, 5) is 7.14. The smallest absolute Gasteiger partial charge is 0.0902 e. The maximum Gasteiger partial charge on any atom is 0.0902 e. The third-order valence-corrected chi connectivity index (χ3v) is 3.37. The molecule has 1 atom stereocenters. The van der Waals surface area contributed by atoms with Crippen LogP contribution in [0.5, 0.6) is 0 Å². The Morgan fingerprint density at radius 3 is 3.19 bits per heavy atom. The SMILES string of the molecule is NC(=S)C1CCCN1CCc1cccnc1. The molecule has 2 heterocycles. The molecule has 0 amide bonds. The van der Waals surface area contributed by atoms with Crippen molar-refractivity contribution in [2.24, 2.45) is 5.73 Å². The molecule has 1 saturated heterocycles. The topological polar surface area (TPSA) is 42.1 Å². The van der Waals surface area contributed by atoms with Gasteiger partial charge >= 0.3 is 0 Å². The molecule has 1 aromatic rings. The molecule has 0 aliphatic carbocycles. The molecule has 0 saturated carbocycles. The van der Waals surface area contributed by atoms with Gasteiger partial charge in [-0.1, -0.05) is 18.3 Å². The average molecular weight is 235 g/mol. The van der Waals surface area contributed by atoms with Crippen molar-refractivity contribution in [3.05, 3.63) is 30.1 Å². The molecule has 1 unspecified atom stereocenters. The van der Waals surface area contributed by atoms with Gasteiger partial charge in [-0.25, -0.2) is 0 Å². The van der Waals surface area contributed by atoms with E-state index in [1.54, 1.807) is 6.20 Å². The third-order valence-electron chi connectivity index (χ3n) is 3.10. The van der Waals surface area contributed by atoms with Crippen LogP contribution in [0.15, 0.2) is 24.5 Å². The summed E-state index contributed by atoms with van der Waals surface area (Å²) >= 11 is 5.09. The summed E-state index contributed by atoms with van der Waals surface area (Å²) < 4.78 is 0. The minimum absolute atomic E-state index is 0.312. The van der Waals surface area contributed by atoms with Crippen molar-refractivity contribution in [3.63, 3.8) is 0 Å². The summed E-state index contributed by atoms with van der Waals surface area (Å²) in [6.45, 7) is 2.13. The number of thiocarbonyl (C=S) groups is 1. The molecule has 3 nitrogen and oxygen atoms in total. The molecule has 86 valence electrons. The zero-order chi connectivity index (χ0) is 11.4. The van der Waals surface area contributed by atoms with E-state index in [4.69, 9.17) is 18.0 Å². The number of hydrogen-bond donors (Lipinski definition) is 1. The lowest BCUT2D eigenvalue weighted by molar-refractivity contribution is 0.307. The zero-order valence-electron chi connectivity index (χ0n) is 9.30. The highest BCUT2D eigenvalue weighted by Gasteiger charge is 2.25. The Morgan fingerprint density at radius 1 is 1.62 bits per heavy atom. The van der Waals surface area contributed by atoms with Gasteiger partial charge in [0.25, 0.3) is 0 Å². The van der Waals surface area contributed by atoms with Gasteiger partial charge in [0.1, 0.15) is 0 Å². The van der Waals surface area contributed by atoms with Crippen molar-refractivity contribution in [1.82, 2.24) is 9.88 Å². The van der Waals surface area contributed by atoms with Crippen molar-refractivity contribution in [2.45, 2.75) is 25.3 Å². The second-order valence-corrected chi connectivity index (χ2v) is 4.68. The van der Waals surface area contributed by atoms with E-state index < -0.39 is 0 Å². The Morgan fingerprint density at radius 2 is 2.50 bits per heavy atom. The Kier molecular flexibility index (Phi) is 3.85. The lowest BCUT2D eigenvalue weighted by Crippen LogP contribution is -2.40. The quantitative estimate of drug-likeness (QED) is 0.801. The van der Waals surface area contributed by atoms with Crippen LogP contribution in [0.25, 0.3) is 0 Å². The number of hydrogen-bond acceptors (Lipinski definition) is 3. The van der Waals surface area contributed by atoms with E-state index in [0.29, 0.717) is 11.0 Å². The Balaban J connectivity index is 1.88. The largest absolute Gasteiger partial charge is 0.392 e. The maximum atomic E-state index is 5.73. The monoisotopic (exact) mass is 235 g/mol. The van der Waals surface area contributed by atoms with Crippen LogP contribution in [-0.4, -0.2) is 34.0 Å². The fourth-order valence-corrected chi connectivity index (χ4v) is 2.50. The molecule has 2 N–H and O–H groups in total. The van der Waals surface area contributed by atoms with Crippen LogP contribution in [0.1, 0.15) is 18.4 Å². The molecule has 0 radical (unpaired) electrons. The Hall–Kier alpha value is -1.00. The first-order chi connectivity index (χ1) is 7.77. The standard InChI is InChI=1S/C12H17N3S/c13-12(16)11-4-2-7-15(11)8-5-10-3-1-6-14-9-10/h1,3,6,9,11H,2,4-5,7-8H2,(H2,13,16). The highest BCUT2D eigenvalue weighted by molar-refractivity contribution is 7.80. The molecule has 1 aliphatic rings. The Bertz CT molecular complexity index is 353. The van der Waals surface area contributed by atoms with Gasteiger partial charge in [-0.15, -0.1) is 0 Å². The summed E-state index contributed by atoms with van der Waals surface area (Å²) in [6, 6.07) is 4.40. The predicted octanol–water partition coefficient (Wildman–Crippen LogP) is 1.37. The summed E-state index contributed by atoms with van der Waals surface area (Å²) in [5, 5.41) is 0. The molecule has 1 fully saturated rings. The van der Waals surface area contributed by atoms with Crippen LogP contribution in [0.2, 0.25) is 0 Å². The van der Waals surface area contributed by atoms with Gasteiger partial charge in [0.05, 0.1) is 11.0 Å². The third kappa shape index (κ3) is 2.77. The van der Waals surface area contributed by atoms with Crippen molar-refractivity contribution in [1.29, 1.82) is 0 Å². The molecule has 0 aromatic carbocycles. The average Bonchev–Trinajstić information content (AvgIpc) is 2.76. The first kappa shape index (κ1) is 11.5. The summed E-state index contributed by atoms with van der Waals surface area (Å²) in [5.41, 5.74) is 7.01. The molecule has 0 bridgehead atoms. The van der Waals surface area contributed by atoms with Crippen LogP contribution in [0, 0.1) is 0 Å². The van der Waals surface area contributed by atoms with Gasteiger partial charge in [-0.05, 0) is 37.4 Å². The normalized spacial score (nSPS) is 21.1. The van der Waals surface area contributed by atoms with Crippen molar-refractivity contribution in [3.8, 4) is 0 Å². The van der Waals surface area contributed by atoms with E-state index in [9.17, 15) is 0 Å². The van der Waals surface area contributed by atoms with E-state index in [1.807, 2.05) is 12.3 Å². The lowest BCUT2D eigenvalue weighted by atomic mass is 10.2. The fraction of sp³-hybridized carbons (Fsp3) is 0.500. The summed E-state index contributed by atoms with van der Waals surface area (Å²) in [7, 11) is 0. The maximum absolute atomic E-state index is 5.73. The first-order valence-electron chi connectivity index (χ1n) is 5.69. The van der Waals surface area contributed by atoms with Crippen molar-refractivity contribution in [2.75, 3.05) is 13.1 Å². The second-order valence-electron chi connectivity index (χ2n) is 4.21. The van der Waals surface area contributed by atoms with E-state index in [-0.39, 0.29) is 0 Å². The highest BCUT2D eigenvalue weighted by atomic mass is 32.1. The Labute approximate surface area is 102 Å². The first-order valence-corrected chi connectivity index (χ1v) is 6.10. The molecule has 16 heavy (non-hydrogen) atoms. The minimum atomic E-state index is 0.312. The van der Waals surface area contributed by atoms with Crippen LogP contribution in [0.3, 0.4) is 0 Å². The molecular formula is C12H17N3S. The van der Waals surface area contributed by atoms with E-state index >= 15 is 0 Å². The van der Waals surface area contributed by atoms with Gasteiger partial charge in [0.2, 0.25) is 0 Å². The molecule has 1 aliphatic heterocycles. The number of nitrogens with zero attached hydrogens (tertiary/aromatic N) is 2. The van der Waals surface area contributed by atoms with Gasteiger partial charge in [0.15, 0.2) is 0 Å². The van der Waals surface area contributed by atoms with Gasteiger partial charge < -0.3 is 5.73 Å². The van der Waals surface area contributed by atoms with Crippen LogP contribution in [0.4, 0.5) is 0 Å². The summed E-state index contributed by atoms with van der Waals surface area (Å²) in [6.07, 6.45) is 7.06.